The Morgan fingerprint density at radius 2 is 1.68 bits per heavy atom. The fourth-order valence-electron chi connectivity index (χ4n) is 5.02. The van der Waals surface area contributed by atoms with E-state index in [1.165, 1.54) is 33.0 Å². The van der Waals surface area contributed by atoms with Crippen molar-refractivity contribution in [3.63, 3.8) is 0 Å². The summed E-state index contributed by atoms with van der Waals surface area (Å²) in [6, 6.07) is 4.51. The third-order valence-corrected chi connectivity index (χ3v) is 6.98. The van der Waals surface area contributed by atoms with Gasteiger partial charge in [-0.1, -0.05) is 0 Å². The average molecular weight is 530 g/mol. The summed E-state index contributed by atoms with van der Waals surface area (Å²) in [5.74, 6) is 2.29. The molecule has 3 heterocycles. The van der Waals surface area contributed by atoms with Gasteiger partial charge >= 0.3 is 0 Å². The molecule has 0 radical (unpaired) electrons. The van der Waals surface area contributed by atoms with Crippen molar-refractivity contribution in [3.05, 3.63) is 50.0 Å². The van der Waals surface area contributed by atoms with Crippen LogP contribution in [-0.4, -0.2) is 68.4 Å². The summed E-state index contributed by atoms with van der Waals surface area (Å²) in [5.41, 5.74) is 1.64. The summed E-state index contributed by atoms with van der Waals surface area (Å²) in [7, 11) is 7.89. The maximum atomic E-state index is 13.4. The molecule has 0 unspecified atom stereocenters. The molecular formula is C25H27N3O8S. The van der Waals surface area contributed by atoms with Crippen LogP contribution < -0.4 is 34.0 Å². The van der Waals surface area contributed by atoms with E-state index in [4.69, 9.17) is 40.6 Å². The number of aromatic nitrogens is 2. The minimum atomic E-state index is -0.666. The Morgan fingerprint density at radius 3 is 2.30 bits per heavy atom. The standard InChI is InChI=1S/C25H27N3O8S/c1-27-7-6-12-8-16-21(36-11-35-16)22(34-5)17(12)19(27)18-23(29)26-25(37)28(24(18)30)13-9-14(31-2)20(33-4)15(10-13)32-3/h8-10,19,30H,6-7,11H2,1-5H3,(H,26,29,37)/t19-/m0/s1. The Bertz CT molecular complexity index is 1470. The highest BCUT2D eigenvalue weighted by atomic mass is 32.1. The molecule has 37 heavy (non-hydrogen) atoms. The van der Waals surface area contributed by atoms with E-state index in [-0.39, 0.29) is 23.0 Å². The highest BCUT2D eigenvalue weighted by molar-refractivity contribution is 7.71. The van der Waals surface area contributed by atoms with Gasteiger partial charge in [0.05, 0.1) is 45.7 Å². The van der Waals surface area contributed by atoms with Crippen LogP contribution in [0.2, 0.25) is 0 Å². The number of ether oxygens (including phenoxy) is 6. The molecule has 12 heteroatoms. The SMILES string of the molecule is COc1cc(-n2c(O)c([C@@H]3c4c(cc5c(c4OC)OCO5)CCN3C)c(=O)[nH]c2=S)cc(OC)c1OC. The van der Waals surface area contributed by atoms with Gasteiger partial charge in [-0.15, -0.1) is 0 Å². The summed E-state index contributed by atoms with van der Waals surface area (Å²) in [5, 5.41) is 11.7. The number of rotatable bonds is 6. The average Bonchev–Trinajstić information content (AvgIpc) is 3.36. The van der Waals surface area contributed by atoms with Gasteiger partial charge < -0.3 is 33.5 Å². The molecule has 5 rings (SSSR count). The van der Waals surface area contributed by atoms with Crippen LogP contribution >= 0.6 is 12.2 Å². The van der Waals surface area contributed by atoms with Gasteiger partial charge in [0.1, 0.15) is 0 Å². The molecular weight excluding hydrogens is 502 g/mol. The maximum Gasteiger partial charge on any atom is 0.260 e. The summed E-state index contributed by atoms with van der Waals surface area (Å²) >= 11 is 5.47. The number of fused-ring (bicyclic) bond motifs is 2. The van der Waals surface area contributed by atoms with Crippen LogP contribution in [0.15, 0.2) is 23.0 Å². The summed E-state index contributed by atoms with van der Waals surface area (Å²) in [6.07, 6.45) is 0.694. The van der Waals surface area contributed by atoms with Gasteiger partial charge in [-0.25, -0.2) is 0 Å². The van der Waals surface area contributed by atoms with Crippen LogP contribution in [0.25, 0.3) is 5.69 Å². The van der Waals surface area contributed by atoms with Crippen molar-refractivity contribution in [1.82, 2.24) is 14.5 Å². The van der Waals surface area contributed by atoms with Gasteiger partial charge in [-0.3, -0.25) is 19.2 Å². The first kappa shape index (κ1) is 24.8. The van der Waals surface area contributed by atoms with Crippen molar-refractivity contribution in [2.75, 3.05) is 48.8 Å². The number of methoxy groups -OCH3 is 4. The van der Waals surface area contributed by atoms with Crippen molar-refractivity contribution in [1.29, 1.82) is 0 Å². The first-order valence-corrected chi connectivity index (χ1v) is 11.8. The number of hydrogen-bond acceptors (Lipinski definition) is 10. The molecule has 0 aliphatic carbocycles. The van der Waals surface area contributed by atoms with Gasteiger partial charge in [0.15, 0.2) is 27.8 Å². The van der Waals surface area contributed by atoms with Crippen molar-refractivity contribution < 1.29 is 33.5 Å². The molecule has 0 amide bonds. The molecule has 0 fully saturated rings. The van der Waals surface area contributed by atoms with Crippen LogP contribution in [0.4, 0.5) is 0 Å². The van der Waals surface area contributed by atoms with Crippen molar-refractivity contribution in [2.45, 2.75) is 12.5 Å². The first-order chi connectivity index (χ1) is 17.8. The zero-order valence-corrected chi connectivity index (χ0v) is 21.9. The molecule has 2 aromatic carbocycles. The van der Waals surface area contributed by atoms with E-state index < -0.39 is 11.6 Å². The normalized spacial score (nSPS) is 16.3. The lowest BCUT2D eigenvalue weighted by Gasteiger charge is -2.36. The van der Waals surface area contributed by atoms with Crippen molar-refractivity contribution >= 4 is 12.2 Å². The number of nitrogens with zero attached hydrogens (tertiary/aromatic N) is 2. The Hall–Kier alpha value is -3.90. The Balaban J connectivity index is 1.78. The summed E-state index contributed by atoms with van der Waals surface area (Å²) in [4.78, 5) is 18.1. The number of benzene rings is 2. The molecule has 2 aliphatic heterocycles. The molecule has 2 aliphatic rings. The second kappa shape index (κ2) is 9.52. The van der Waals surface area contributed by atoms with Gasteiger partial charge in [-0.05, 0) is 37.3 Å². The Labute approximate surface area is 217 Å². The zero-order chi connectivity index (χ0) is 26.4. The fourth-order valence-corrected chi connectivity index (χ4v) is 5.30. The van der Waals surface area contributed by atoms with Crippen LogP contribution in [0.3, 0.4) is 0 Å². The third kappa shape index (κ3) is 3.83. The number of nitrogens with one attached hydrogen (secondary N) is 1. The van der Waals surface area contributed by atoms with Crippen molar-refractivity contribution in [3.8, 4) is 46.1 Å². The van der Waals surface area contributed by atoms with E-state index >= 15 is 0 Å². The third-order valence-electron chi connectivity index (χ3n) is 6.70. The molecule has 0 bridgehead atoms. The molecule has 3 aromatic rings. The van der Waals surface area contributed by atoms with Gasteiger partial charge in [0.2, 0.25) is 24.2 Å². The van der Waals surface area contributed by atoms with E-state index in [2.05, 4.69) is 4.98 Å². The van der Waals surface area contributed by atoms with Crippen LogP contribution in [-0.2, 0) is 6.42 Å². The lowest BCUT2D eigenvalue weighted by atomic mass is 9.87. The molecule has 1 atom stereocenters. The van der Waals surface area contributed by atoms with Crippen LogP contribution in [0.5, 0.6) is 40.4 Å². The summed E-state index contributed by atoms with van der Waals surface area (Å²) < 4.78 is 34.7. The lowest BCUT2D eigenvalue weighted by molar-refractivity contribution is 0.170. The number of aromatic hydroxyl groups is 1. The highest BCUT2D eigenvalue weighted by Crippen LogP contribution is 2.51. The molecule has 2 N–H and O–H groups in total. The quantitative estimate of drug-likeness (QED) is 0.462. The van der Waals surface area contributed by atoms with E-state index in [1.54, 1.807) is 12.1 Å². The van der Waals surface area contributed by atoms with Crippen LogP contribution in [0.1, 0.15) is 22.7 Å². The number of H-pyrrole nitrogens is 1. The van der Waals surface area contributed by atoms with Gasteiger partial charge in [0.25, 0.3) is 5.56 Å². The Morgan fingerprint density at radius 1 is 1.00 bits per heavy atom. The van der Waals surface area contributed by atoms with Gasteiger partial charge in [-0.2, -0.15) is 0 Å². The minimum Gasteiger partial charge on any atom is -0.494 e. The van der Waals surface area contributed by atoms with Crippen molar-refractivity contribution in [2.24, 2.45) is 0 Å². The monoisotopic (exact) mass is 529 g/mol. The van der Waals surface area contributed by atoms with Gasteiger partial charge in [0, 0.05) is 24.2 Å². The first-order valence-electron chi connectivity index (χ1n) is 11.4. The number of hydrogen-bond donors (Lipinski definition) is 2. The minimum absolute atomic E-state index is 0.00291. The molecule has 0 saturated carbocycles. The lowest BCUT2D eigenvalue weighted by Crippen LogP contribution is -2.37. The molecule has 0 spiro atoms. The predicted molar refractivity (Wildman–Crippen MR) is 136 cm³/mol. The number of likely N-dealkylation sites (N-methyl/N-ethyl adjacent to an activating group) is 1. The second-order valence-corrected chi connectivity index (χ2v) is 8.95. The molecule has 0 saturated heterocycles. The predicted octanol–water partition coefficient (Wildman–Crippen LogP) is 2.94. The largest absolute Gasteiger partial charge is 0.494 e. The molecule has 196 valence electrons. The zero-order valence-electron chi connectivity index (χ0n) is 21.0. The van der Waals surface area contributed by atoms with E-state index in [1.807, 2.05) is 18.0 Å². The van der Waals surface area contributed by atoms with E-state index in [0.717, 1.165) is 11.1 Å². The van der Waals surface area contributed by atoms with Crippen LogP contribution in [0, 0.1) is 4.77 Å². The fraction of sp³-hybridized carbons (Fsp3) is 0.360. The number of aromatic amines is 1. The van der Waals surface area contributed by atoms with E-state index in [9.17, 15) is 9.90 Å². The maximum absolute atomic E-state index is 13.4. The molecule has 11 nitrogen and oxygen atoms in total. The summed E-state index contributed by atoms with van der Waals surface area (Å²) in [6.45, 7) is 0.700. The molecule has 1 aromatic heterocycles. The smallest absolute Gasteiger partial charge is 0.260 e. The Kier molecular flexibility index (Phi) is 6.38. The van der Waals surface area contributed by atoms with E-state index in [0.29, 0.717) is 53.2 Å². The topological polar surface area (TPSA) is 117 Å². The second-order valence-electron chi connectivity index (χ2n) is 8.57. The highest BCUT2D eigenvalue weighted by Gasteiger charge is 2.38.